The quantitative estimate of drug-likeness (QED) is 0.207. The second-order valence-corrected chi connectivity index (χ2v) is 9.45. The van der Waals surface area contributed by atoms with Crippen molar-refractivity contribution in [1.29, 1.82) is 0 Å². The van der Waals surface area contributed by atoms with Gasteiger partial charge in [-0.1, -0.05) is 0 Å². The Morgan fingerprint density at radius 2 is 1.21 bits per heavy atom. The number of ether oxygens (including phenoxy) is 5. The minimum atomic E-state index is -1.21. The smallest absolute Gasteiger partial charge is 0.463 e. The predicted octanol–water partition coefficient (Wildman–Crippen LogP) is 2.19. The van der Waals surface area contributed by atoms with E-state index in [0.29, 0.717) is 11.7 Å². The Balaban J connectivity index is 0.00000113. The molecule has 0 bridgehead atoms. The summed E-state index contributed by atoms with van der Waals surface area (Å²) >= 11 is 1.17. The first-order valence-corrected chi connectivity index (χ1v) is 13.0. The molecule has 3 fully saturated rings. The van der Waals surface area contributed by atoms with Crippen LogP contribution in [0.15, 0.2) is 0 Å². The number of carbonyl (C=O) groups excluding carboxylic acids is 5. The molecule has 3 rings (SSSR count). The van der Waals surface area contributed by atoms with E-state index in [4.69, 9.17) is 23.7 Å². The van der Waals surface area contributed by atoms with E-state index >= 15 is 0 Å². The maximum atomic E-state index is 12.3. The molecular weight excluding hydrogens is 572 g/mol. The van der Waals surface area contributed by atoms with Crippen LogP contribution in [-0.2, 0) is 64.7 Å². The Morgan fingerprint density at radius 3 is 1.69 bits per heavy atom. The van der Waals surface area contributed by atoms with Crippen molar-refractivity contribution >= 4 is 41.4 Å². The minimum Gasteiger partial charge on any atom is -0.463 e. The van der Waals surface area contributed by atoms with Crippen molar-refractivity contribution in [3.8, 4) is 0 Å². The molecule has 10 radical (unpaired) electrons. The molecule has 0 spiro atoms. The average molecular weight is 604 g/mol. The van der Waals surface area contributed by atoms with Gasteiger partial charge in [-0.25, -0.2) is 0 Å². The van der Waals surface area contributed by atoms with Gasteiger partial charge in [0.15, 0.2) is 18.3 Å². The summed E-state index contributed by atoms with van der Waals surface area (Å²) in [5.41, 5.74) is -0.891. The maximum absolute atomic E-state index is 12.3. The van der Waals surface area contributed by atoms with Crippen LogP contribution in [0.5, 0.6) is 0 Å². The first-order chi connectivity index (χ1) is 18.1. The molecule has 2 saturated carbocycles. The van der Waals surface area contributed by atoms with Crippen LogP contribution in [-0.4, -0.2) is 71.9 Å². The number of esters is 4. The molecule has 0 amide bonds. The first kappa shape index (κ1) is 35.4. The molecule has 1 aliphatic heterocycles. The number of hydrogen-bond donors (Lipinski definition) is 0. The molecule has 5 atom stereocenters. The van der Waals surface area contributed by atoms with Crippen LogP contribution < -0.4 is 0 Å². The number of thioether (sulfide) groups is 1. The first-order valence-electron chi connectivity index (χ1n) is 11.9. The van der Waals surface area contributed by atoms with Gasteiger partial charge >= 0.3 is 40.9 Å². The van der Waals surface area contributed by atoms with Gasteiger partial charge in [0.1, 0.15) is 23.9 Å². The Bertz CT molecular complexity index is 805. The molecule has 0 unspecified atom stereocenters. The number of carbonyl (C=O) groups is 5. The van der Waals surface area contributed by atoms with Gasteiger partial charge in [0.25, 0.3) is 0 Å². The number of Topliss-reactive ketones (excluding diaryl/α,β-unsaturated/α-hetero) is 1. The third-order valence-corrected chi connectivity index (χ3v) is 6.25. The normalized spacial score (nSPS) is 26.3. The Kier molecular flexibility index (Phi) is 17.0. The molecule has 212 valence electrons. The molecule has 1 saturated heterocycles. The van der Waals surface area contributed by atoms with E-state index in [1.807, 2.05) is 32.1 Å². The Morgan fingerprint density at radius 1 is 0.718 bits per heavy atom. The van der Waals surface area contributed by atoms with Crippen molar-refractivity contribution in [3.63, 3.8) is 0 Å². The van der Waals surface area contributed by atoms with E-state index in [1.54, 1.807) is 25.7 Å². The fourth-order valence-electron chi connectivity index (χ4n) is 3.62. The zero-order valence-corrected chi connectivity index (χ0v) is 24.0. The number of hydrogen-bond acceptors (Lipinski definition) is 11. The zero-order valence-electron chi connectivity index (χ0n) is 22.0. The van der Waals surface area contributed by atoms with Crippen LogP contribution in [0.25, 0.3) is 0 Å². The Hall–Kier alpha value is -1.62. The largest absolute Gasteiger partial charge is 2.00 e. The van der Waals surface area contributed by atoms with E-state index in [2.05, 4.69) is 0 Å². The van der Waals surface area contributed by atoms with Crippen LogP contribution in [0.1, 0.15) is 34.1 Å². The summed E-state index contributed by atoms with van der Waals surface area (Å²) in [6.45, 7) is 4.41. The van der Waals surface area contributed by atoms with Gasteiger partial charge in [0.2, 0.25) is 0 Å². The molecule has 0 N–H and O–H groups in total. The second kappa shape index (κ2) is 18.7. The van der Waals surface area contributed by atoms with E-state index in [1.165, 1.54) is 25.6 Å². The van der Waals surface area contributed by atoms with Crippen LogP contribution in [0.2, 0.25) is 0 Å². The van der Waals surface area contributed by atoms with E-state index in [0.717, 1.165) is 13.8 Å². The topological polar surface area (TPSA) is 132 Å². The average Bonchev–Trinajstić information content (AvgIpc) is 3.57. The third-order valence-electron chi connectivity index (χ3n) is 5.10. The summed E-state index contributed by atoms with van der Waals surface area (Å²) in [5.74, 6) is -1.83. The van der Waals surface area contributed by atoms with E-state index in [9.17, 15) is 24.0 Å². The van der Waals surface area contributed by atoms with Crippen LogP contribution >= 0.6 is 11.8 Å². The SMILES string of the molecule is CC(=O)OC[C@H]1O[C@@H](SCCC(=O)[C]2[CH][CH][CH][CH]2)[C@H](OC(C)=O)[C@@H](OC(C)=O)[C@@H]1OC(C)=O.[CH]1[CH][CH][CH][CH]1.[Fe+2]. The Labute approximate surface area is 245 Å². The second-order valence-electron chi connectivity index (χ2n) is 8.25. The van der Waals surface area contributed by atoms with Crippen molar-refractivity contribution in [3.05, 3.63) is 63.7 Å². The third kappa shape index (κ3) is 13.1. The van der Waals surface area contributed by atoms with E-state index in [-0.39, 0.29) is 35.9 Å². The minimum absolute atomic E-state index is 0. The van der Waals surface area contributed by atoms with Crippen molar-refractivity contribution < 1.29 is 64.7 Å². The van der Waals surface area contributed by atoms with Crippen LogP contribution in [0, 0.1) is 63.7 Å². The number of rotatable bonds is 10. The molecular formula is C27H32FeO10S+2. The molecule has 2 aliphatic carbocycles. The molecule has 3 aliphatic rings. The predicted molar refractivity (Wildman–Crippen MR) is 136 cm³/mol. The monoisotopic (exact) mass is 604 g/mol. The van der Waals surface area contributed by atoms with Gasteiger partial charge < -0.3 is 23.7 Å². The van der Waals surface area contributed by atoms with Crippen molar-refractivity contribution in [2.45, 2.75) is 64.0 Å². The standard InChI is InChI=1S/C22H27O10S.C5H5.Fe/c1-12(23)28-11-18-19(29-13(2)24)20(30-14(3)25)21(31-15(4)26)22(32-18)33-10-9-17(27)16-7-5-6-8-16;1-2-4-5-3-1;/h5-8,18-22H,9-11H2,1-4H3;1-5H;/q;;+2/t18-,19-,20+,21-,22+;;/m1../s1. The van der Waals surface area contributed by atoms with Crippen LogP contribution in [0.3, 0.4) is 0 Å². The summed E-state index contributed by atoms with van der Waals surface area (Å²) in [6, 6.07) is 0. The molecule has 12 heteroatoms. The molecule has 10 nitrogen and oxygen atoms in total. The molecule has 0 aromatic rings. The molecule has 39 heavy (non-hydrogen) atoms. The fourth-order valence-corrected chi connectivity index (χ4v) is 4.77. The number of ketones is 1. The van der Waals surface area contributed by atoms with Crippen molar-refractivity contribution in [1.82, 2.24) is 0 Å². The molecule has 1 heterocycles. The summed E-state index contributed by atoms with van der Waals surface area (Å²) < 4.78 is 27.1. The van der Waals surface area contributed by atoms with Gasteiger partial charge in [-0.2, -0.15) is 0 Å². The maximum Gasteiger partial charge on any atom is 2.00 e. The van der Waals surface area contributed by atoms with Gasteiger partial charge in [-0.15, -0.1) is 11.8 Å². The zero-order chi connectivity index (χ0) is 28.1. The van der Waals surface area contributed by atoms with Crippen molar-refractivity contribution in [2.24, 2.45) is 0 Å². The van der Waals surface area contributed by atoms with Gasteiger partial charge in [-0.05, 0) is 57.8 Å². The van der Waals surface area contributed by atoms with Crippen molar-refractivity contribution in [2.75, 3.05) is 12.4 Å². The van der Waals surface area contributed by atoms with Gasteiger partial charge in [0, 0.05) is 45.8 Å². The molecule has 0 aromatic carbocycles. The summed E-state index contributed by atoms with van der Waals surface area (Å²) in [7, 11) is 0. The summed E-state index contributed by atoms with van der Waals surface area (Å²) in [4.78, 5) is 59.0. The van der Waals surface area contributed by atoms with Crippen LogP contribution in [0.4, 0.5) is 0 Å². The van der Waals surface area contributed by atoms with E-state index < -0.39 is 53.7 Å². The fraction of sp³-hybridized carbons (Fsp3) is 0.444. The van der Waals surface area contributed by atoms with Gasteiger partial charge in [0.05, 0.1) is 0 Å². The summed E-state index contributed by atoms with van der Waals surface area (Å²) in [5, 5.41) is 0. The summed E-state index contributed by atoms with van der Waals surface area (Å²) in [6.07, 6.45) is 12.6. The molecule has 0 aromatic heterocycles. The van der Waals surface area contributed by atoms with Gasteiger partial charge in [-0.3, -0.25) is 24.0 Å².